The smallest absolute Gasteiger partial charge is 0.262 e. The monoisotopic (exact) mass is 399 g/mol. The topological polar surface area (TPSA) is 63.2 Å². The average Bonchev–Trinajstić information content (AvgIpc) is 3.08. The minimum Gasteiger partial charge on any atom is -0.349 e. The molecule has 1 aliphatic carbocycles. The number of amides is 1. The Morgan fingerprint density at radius 2 is 2.15 bits per heavy atom. The molecule has 110 valence electrons. The third kappa shape index (κ3) is 3.47. The minimum absolute atomic E-state index is 0.0991. The van der Waals surface area contributed by atoms with Crippen molar-refractivity contribution >= 4 is 53.2 Å². The zero-order chi connectivity index (χ0) is 15.1. The van der Waals surface area contributed by atoms with Crippen LogP contribution in [-0.2, 0) is 9.05 Å². The Bertz CT molecular complexity index is 663. The summed E-state index contributed by atoms with van der Waals surface area (Å²) in [6.45, 7) is 2.06. The molecule has 1 amide bonds. The average molecular weight is 401 g/mol. The van der Waals surface area contributed by atoms with Crippen molar-refractivity contribution in [2.24, 2.45) is 5.92 Å². The third-order valence-corrected chi connectivity index (χ3v) is 5.60. The highest BCUT2D eigenvalue weighted by Gasteiger charge is 2.37. The maximum atomic E-state index is 12.2. The maximum absolute atomic E-state index is 12.2. The van der Waals surface area contributed by atoms with Crippen LogP contribution in [0.5, 0.6) is 0 Å². The van der Waals surface area contributed by atoms with Gasteiger partial charge in [0.1, 0.15) is 4.90 Å². The van der Waals surface area contributed by atoms with Crippen LogP contribution in [0.15, 0.2) is 21.5 Å². The van der Waals surface area contributed by atoms with Crippen molar-refractivity contribution in [2.45, 2.75) is 30.7 Å². The van der Waals surface area contributed by atoms with Gasteiger partial charge in [0.2, 0.25) is 0 Å². The normalized spacial score (nSPS) is 21.6. The summed E-state index contributed by atoms with van der Waals surface area (Å²) in [6.07, 6.45) is 1.94. The lowest BCUT2D eigenvalue weighted by Gasteiger charge is -2.09. The number of benzene rings is 1. The van der Waals surface area contributed by atoms with E-state index in [0.29, 0.717) is 10.4 Å². The molecule has 2 unspecified atom stereocenters. The molecule has 0 bridgehead atoms. The molecule has 1 aromatic carbocycles. The Balaban J connectivity index is 2.32. The van der Waals surface area contributed by atoms with Crippen LogP contribution in [-0.4, -0.2) is 20.4 Å². The summed E-state index contributed by atoms with van der Waals surface area (Å²) < 4.78 is 23.3. The molecule has 0 spiro atoms. The first-order valence-corrected chi connectivity index (χ1v) is 9.46. The van der Waals surface area contributed by atoms with Gasteiger partial charge < -0.3 is 5.32 Å². The molecule has 0 heterocycles. The Morgan fingerprint density at radius 1 is 1.50 bits per heavy atom. The van der Waals surface area contributed by atoms with Crippen LogP contribution < -0.4 is 5.32 Å². The van der Waals surface area contributed by atoms with Crippen molar-refractivity contribution < 1.29 is 13.2 Å². The van der Waals surface area contributed by atoms with Crippen LogP contribution in [0, 0.1) is 5.92 Å². The predicted molar refractivity (Wildman–Crippen MR) is 81.8 cm³/mol. The van der Waals surface area contributed by atoms with Crippen molar-refractivity contribution in [1.29, 1.82) is 0 Å². The number of carbonyl (C=O) groups is 1. The van der Waals surface area contributed by atoms with Crippen molar-refractivity contribution in [3.8, 4) is 0 Å². The van der Waals surface area contributed by atoms with Gasteiger partial charge in [-0.3, -0.25) is 4.79 Å². The van der Waals surface area contributed by atoms with Crippen LogP contribution in [0.25, 0.3) is 0 Å². The van der Waals surface area contributed by atoms with Gasteiger partial charge in [-0.2, -0.15) is 0 Å². The van der Waals surface area contributed by atoms with Gasteiger partial charge in [0, 0.05) is 21.2 Å². The first-order valence-electron chi connectivity index (χ1n) is 5.98. The Morgan fingerprint density at radius 3 is 2.65 bits per heavy atom. The van der Waals surface area contributed by atoms with Crippen molar-refractivity contribution in [2.75, 3.05) is 0 Å². The molecule has 0 aliphatic heterocycles. The Labute approximate surface area is 135 Å². The van der Waals surface area contributed by atoms with Crippen LogP contribution in [0.4, 0.5) is 0 Å². The molecule has 1 aliphatic rings. The highest BCUT2D eigenvalue weighted by molar-refractivity contribution is 9.10. The number of hydrogen-bond donors (Lipinski definition) is 1. The van der Waals surface area contributed by atoms with Gasteiger partial charge in [0.25, 0.3) is 15.0 Å². The quantitative estimate of drug-likeness (QED) is 0.786. The second-order valence-electron chi connectivity index (χ2n) is 4.69. The van der Waals surface area contributed by atoms with E-state index in [0.717, 1.165) is 12.8 Å². The fourth-order valence-corrected chi connectivity index (χ4v) is 4.21. The van der Waals surface area contributed by atoms with E-state index in [9.17, 15) is 13.2 Å². The van der Waals surface area contributed by atoms with E-state index in [2.05, 4.69) is 28.2 Å². The van der Waals surface area contributed by atoms with Crippen LogP contribution in [0.3, 0.4) is 0 Å². The molecule has 1 aromatic rings. The number of carbonyl (C=O) groups excluding carboxylic acids is 1. The van der Waals surface area contributed by atoms with Gasteiger partial charge in [-0.25, -0.2) is 8.42 Å². The molecule has 0 aromatic heterocycles. The highest BCUT2D eigenvalue weighted by atomic mass is 79.9. The summed E-state index contributed by atoms with van der Waals surface area (Å²) in [4.78, 5) is 11.9. The maximum Gasteiger partial charge on any atom is 0.262 e. The van der Waals surface area contributed by atoms with E-state index in [1.165, 1.54) is 12.1 Å². The SMILES string of the molecule is CCC1CC1NC(=O)c1cc(Br)cc(S(=O)(=O)Cl)c1Cl. The lowest BCUT2D eigenvalue weighted by molar-refractivity contribution is 0.0949. The summed E-state index contributed by atoms with van der Waals surface area (Å²) in [5.41, 5.74) is 0.0991. The first-order chi connectivity index (χ1) is 9.24. The summed E-state index contributed by atoms with van der Waals surface area (Å²) in [7, 11) is 1.30. The number of nitrogens with one attached hydrogen (secondary N) is 1. The fourth-order valence-electron chi connectivity index (χ4n) is 2.03. The summed E-state index contributed by atoms with van der Waals surface area (Å²) in [5, 5.41) is 2.68. The number of hydrogen-bond acceptors (Lipinski definition) is 3. The summed E-state index contributed by atoms with van der Waals surface area (Å²) in [5.74, 6) is 0.0972. The summed E-state index contributed by atoms with van der Waals surface area (Å²) in [6, 6.07) is 2.89. The fraction of sp³-hybridized carbons (Fsp3) is 0.417. The molecule has 0 radical (unpaired) electrons. The first kappa shape index (κ1) is 16.1. The predicted octanol–water partition coefficient (Wildman–Crippen LogP) is 3.56. The van der Waals surface area contributed by atoms with Gasteiger partial charge in [0.15, 0.2) is 0 Å². The molecule has 2 atom stereocenters. The van der Waals surface area contributed by atoms with Gasteiger partial charge in [-0.15, -0.1) is 0 Å². The molecule has 2 rings (SSSR count). The van der Waals surface area contributed by atoms with E-state index >= 15 is 0 Å². The Hall–Kier alpha value is -0.300. The standard InChI is InChI=1S/C12H12BrCl2NO3S/c1-2-6-3-9(6)16-12(17)8-4-7(13)5-10(11(8)14)20(15,18)19/h4-6,9H,2-3H2,1H3,(H,16,17). The van der Waals surface area contributed by atoms with Crippen molar-refractivity contribution in [1.82, 2.24) is 5.32 Å². The molecular weight excluding hydrogens is 389 g/mol. The van der Waals surface area contributed by atoms with Gasteiger partial charge in [0.05, 0.1) is 10.6 Å². The molecule has 1 fully saturated rings. The lowest BCUT2D eigenvalue weighted by atomic mass is 10.2. The van der Waals surface area contributed by atoms with Gasteiger partial charge in [-0.05, 0) is 24.5 Å². The zero-order valence-corrected chi connectivity index (χ0v) is 14.4. The molecular formula is C12H12BrCl2NO3S. The van der Waals surface area contributed by atoms with E-state index in [1.54, 1.807) is 0 Å². The van der Waals surface area contributed by atoms with Crippen molar-refractivity contribution in [3.05, 3.63) is 27.2 Å². The molecule has 4 nitrogen and oxygen atoms in total. The summed E-state index contributed by atoms with van der Waals surface area (Å²) >= 11 is 9.14. The number of halogens is 3. The van der Waals surface area contributed by atoms with E-state index < -0.39 is 9.05 Å². The molecule has 0 saturated heterocycles. The molecule has 1 saturated carbocycles. The molecule has 1 N–H and O–H groups in total. The third-order valence-electron chi connectivity index (χ3n) is 3.27. The second-order valence-corrected chi connectivity index (χ2v) is 8.52. The highest BCUT2D eigenvalue weighted by Crippen LogP contribution is 2.35. The molecule has 8 heteroatoms. The lowest BCUT2D eigenvalue weighted by Crippen LogP contribution is -2.27. The van der Waals surface area contributed by atoms with Crippen LogP contribution >= 0.6 is 38.2 Å². The van der Waals surface area contributed by atoms with Gasteiger partial charge >= 0.3 is 0 Å². The van der Waals surface area contributed by atoms with E-state index in [-0.39, 0.29) is 27.4 Å². The minimum atomic E-state index is -4.01. The Kier molecular flexibility index (Phi) is 4.69. The molecule has 20 heavy (non-hydrogen) atoms. The van der Waals surface area contributed by atoms with Crippen molar-refractivity contribution in [3.63, 3.8) is 0 Å². The van der Waals surface area contributed by atoms with Crippen LogP contribution in [0.1, 0.15) is 30.1 Å². The van der Waals surface area contributed by atoms with Gasteiger partial charge in [-0.1, -0.05) is 40.9 Å². The van der Waals surface area contributed by atoms with Crippen LogP contribution in [0.2, 0.25) is 5.02 Å². The largest absolute Gasteiger partial charge is 0.349 e. The van der Waals surface area contributed by atoms with E-state index in [4.69, 9.17) is 22.3 Å². The second kappa shape index (κ2) is 5.83. The van der Waals surface area contributed by atoms with E-state index in [1.807, 2.05) is 0 Å². The number of rotatable bonds is 4. The zero-order valence-electron chi connectivity index (χ0n) is 10.5.